The van der Waals surface area contributed by atoms with E-state index in [9.17, 15) is 19.7 Å². The van der Waals surface area contributed by atoms with Crippen LogP contribution in [0.15, 0.2) is 18.2 Å². The lowest BCUT2D eigenvalue weighted by Gasteiger charge is -2.11. The highest BCUT2D eigenvalue weighted by Crippen LogP contribution is 2.32. The highest BCUT2D eigenvalue weighted by Gasteiger charge is 2.25. The number of carbonyl (C=O) groups excluding carboxylic acids is 2. The van der Waals surface area contributed by atoms with Crippen LogP contribution in [0.2, 0.25) is 0 Å². The molecule has 0 bridgehead atoms. The SMILES string of the molecule is CCOC(=O)C(=O)Cc1cccc(OC(C)C)c1[N+](=O)[O-]. The number of ether oxygens (including phenoxy) is 2. The summed E-state index contributed by atoms with van der Waals surface area (Å²) in [6.07, 6.45) is -0.649. The molecule has 1 rings (SSSR count). The number of nitro benzene ring substituents is 1. The first kappa shape index (κ1) is 16.6. The third kappa shape index (κ3) is 4.55. The van der Waals surface area contributed by atoms with Crippen LogP contribution in [-0.2, 0) is 20.7 Å². The van der Waals surface area contributed by atoms with E-state index < -0.39 is 23.1 Å². The molecule has 0 atom stereocenters. The second-order valence-corrected chi connectivity index (χ2v) is 4.51. The van der Waals surface area contributed by atoms with E-state index in [4.69, 9.17) is 4.74 Å². The van der Waals surface area contributed by atoms with Crippen molar-refractivity contribution < 1.29 is 24.0 Å². The van der Waals surface area contributed by atoms with Gasteiger partial charge in [0.15, 0.2) is 5.75 Å². The maximum Gasteiger partial charge on any atom is 0.374 e. The molecule has 0 aliphatic heterocycles. The van der Waals surface area contributed by atoms with Gasteiger partial charge in [-0.05, 0) is 26.8 Å². The number of esters is 1. The van der Waals surface area contributed by atoms with Crippen LogP contribution in [0, 0.1) is 10.1 Å². The number of hydrogen-bond acceptors (Lipinski definition) is 6. The van der Waals surface area contributed by atoms with E-state index in [1.807, 2.05) is 0 Å². The normalized spacial score (nSPS) is 10.3. The first-order valence-electron chi connectivity index (χ1n) is 6.49. The zero-order valence-corrected chi connectivity index (χ0v) is 12.1. The van der Waals surface area contributed by atoms with E-state index in [1.165, 1.54) is 12.1 Å². The Hall–Kier alpha value is -2.44. The standard InChI is InChI=1S/C14H17NO6/c1-4-20-14(17)11(16)8-10-6-5-7-12(21-9(2)3)13(10)15(18)19/h5-7,9H,4,8H2,1-3H3. The molecular weight excluding hydrogens is 278 g/mol. The maximum atomic E-state index is 11.7. The molecule has 0 aliphatic rings. The average Bonchev–Trinajstić information content (AvgIpc) is 2.37. The Morgan fingerprint density at radius 1 is 1.33 bits per heavy atom. The van der Waals surface area contributed by atoms with Gasteiger partial charge in [-0.1, -0.05) is 12.1 Å². The van der Waals surface area contributed by atoms with Crippen molar-refractivity contribution in [2.75, 3.05) is 6.61 Å². The van der Waals surface area contributed by atoms with Crippen molar-refractivity contribution in [2.45, 2.75) is 33.3 Å². The fourth-order valence-corrected chi connectivity index (χ4v) is 1.72. The van der Waals surface area contributed by atoms with Gasteiger partial charge in [0.05, 0.1) is 17.6 Å². The molecule has 114 valence electrons. The fourth-order valence-electron chi connectivity index (χ4n) is 1.72. The van der Waals surface area contributed by atoms with Crippen molar-refractivity contribution in [3.05, 3.63) is 33.9 Å². The van der Waals surface area contributed by atoms with Crippen molar-refractivity contribution in [1.82, 2.24) is 0 Å². The van der Waals surface area contributed by atoms with Crippen LogP contribution in [0.4, 0.5) is 5.69 Å². The van der Waals surface area contributed by atoms with Gasteiger partial charge < -0.3 is 9.47 Å². The van der Waals surface area contributed by atoms with Gasteiger partial charge >= 0.3 is 11.7 Å². The molecule has 7 nitrogen and oxygen atoms in total. The summed E-state index contributed by atoms with van der Waals surface area (Å²) in [5.41, 5.74) is -0.181. The molecule has 0 spiro atoms. The van der Waals surface area contributed by atoms with Crippen molar-refractivity contribution in [2.24, 2.45) is 0 Å². The minimum atomic E-state index is -0.998. The number of para-hydroxylation sites is 1. The van der Waals surface area contributed by atoms with Crippen molar-refractivity contribution in [3.63, 3.8) is 0 Å². The third-order valence-electron chi connectivity index (χ3n) is 2.48. The summed E-state index contributed by atoms with van der Waals surface area (Å²) < 4.78 is 9.95. The van der Waals surface area contributed by atoms with Crippen molar-refractivity contribution in [1.29, 1.82) is 0 Å². The van der Waals surface area contributed by atoms with Crippen LogP contribution in [0.25, 0.3) is 0 Å². The molecule has 7 heteroatoms. The van der Waals surface area contributed by atoms with Gasteiger partial charge in [0.1, 0.15) is 0 Å². The van der Waals surface area contributed by atoms with Gasteiger partial charge in [0.2, 0.25) is 5.78 Å². The highest BCUT2D eigenvalue weighted by molar-refractivity contribution is 6.34. The number of rotatable bonds is 7. The lowest BCUT2D eigenvalue weighted by molar-refractivity contribution is -0.386. The third-order valence-corrected chi connectivity index (χ3v) is 2.48. The predicted molar refractivity (Wildman–Crippen MR) is 74.2 cm³/mol. The van der Waals surface area contributed by atoms with E-state index in [0.717, 1.165) is 0 Å². The van der Waals surface area contributed by atoms with Gasteiger partial charge in [0, 0.05) is 12.0 Å². The summed E-state index contributed by atoms with van der Waals surface area (Å²) in [7, 11) is 0. The number of ketones is 1. The Morgan fingerprint density at radius 3 is 2.52 bits per heavy atom. The molecule has 0 aliphatic carbocycles. The van der Waals surface area contributed by atoms with E-state index in [2.05, 4.69) is 4.74 Å². The molecule has 0 unspecified atom stereocenters. The van der Waals surface area contributed by atoms with Crippen LogP contribution in [0.1, 0.15) is 26.3 Å². The molecule has 0 radical (unpaired) electrons. The molecule has 1 aromatic rings. The number of carbonyl (C=O) groups is 2. The van der Waals surface area contributed by atoms with Crippen LogP contribution in [0.3, 0.4) is 0 Å². The molecule has 0 fully saturated rings. The molecule has 0 aromatic heterocycles. The number of nitro groups is 1. The monoisotopic (exact) mass is 295 g/mol. The van der Waals surface area contributed by atoms with E-state index in [-0.39, 0.29) is 29.7 Å². The number of benzene rings is 1. The Bertz CT molecular complexity index is 552. The zero-order chi connectivity index (χ0) is 16.0. The van der Waals surface area contributed by atoms with E-state index in [0.29, 0.717) is 0 Å². The Morgan fingerprint density at radius 2 is 2.00 bits per heavy atom. The van der Waals surface area contributed by atoms with E-state index >= 15 is 0 Å². The van der Waals surface area contributed by atoms with Crippen LogP contribution in [-0.4, -0.2) is 29.4 Å². The van der Waals surface area contributed by atoms with Gasteiger partial charge in [-0.15, -0.1) is 0 Å². The molecule has 0 amide bonds. The highest BCUT2D eigenvalue weighted by atomic mass is 16.6. The summed E-state index contributed by atoms with van der Waals surface area (Å²) in [5, 5.41) is 11.2. The predicted octanol–water partition coefficient (Wildman–Crippen LogP) is 2.06. The molecule has 0 saturated carbocycles. The summed E-state index contributed by atoms with van der Waals surface area (Å²) in [5.74, 6) is -1.76. The van der Waals surface area contributed by atoms with Gasteiger partial charge in [-0.25, -0.2) is 4.79 Å². The molecule has 0 heterocycles. The first-order chi connectivity index (χ1) is 9.86. The second kappa shape index (κ2) is 7.37. The lowest BCUT2D eigenvalue weighted by atomic mass is 10.1. The Labute approximate surface area is 122 Å². The van der Waals surface area contributed by atoms with Crippen LogP contribution in [0.5, 0.6) is 5.75 Å². The maximum absolute atomic E-state index is 11.7. The summed E-state index contributed by atoms with van der Waals surface area (Å²) in [4.78, 5) is 33.6. The molecule has 0 saturated heterocycles. The van der Waals surface area contributed by atoms with Crippen molar-refractivity contribution >= 4 is 17.4 Å². The minimum absolute atomic E-state index is 0.0726. The zero-order valence-electron chi connectivity index (χ0n) is 12.1. The summed E-state index contributed by atoms with van der Waals surface area (Å²) >= 11 is 0. The van der Waals surface area contributed by atoms with Crippen LogP contribution < -0.4 is 4.74 Å². The number of nitrogens with zero attached hydrogens (tertiary/aromatic N) is 1. The van der Waals surface area contributed by atoms with Gasteiger partial charge in [-0.2, -0.15) is 0 Å². The molecule has 0 N–H and O–H groups in total. The second-order valence-electron chi connectivity index (χ2n) is 4.51. The van der Waals surface area contributed by atoms with Crippen LogP contribution >= 0.6 is 0 Å². The van der Waals surface area contributed by atoms with Gasteiger partial charge in [-0.3, -0.25) is 14.9 Å². The molecule has 21 heavy (non-hydrogen) atoms. The fraction of sp³-hybridized carbons (Fsp3) is 0.429. The molecule has 1 aromatic carbocycles. The summed E-state index contributed by atoms with van der Waals surface area (Å²) in [6.45, 7) is 5.12. The minimum Gasteiger partial charge on any atom is -0.484 e. The molecular formula is C14H17NO6. The largest absolute Gasteiger partial charge is 0.484 e. The van der Waals surface area contributed by atoms with E-state index in [1.54, 1.807) is 26.8 Å². The number of Topliss-reactive ketones (excluding diaryl/α,β-unsaturated/α-hetero) is 1. The quantitative estimate of drug-likeness (QED) is 0.330. The lowest BCUT2D eigenvalue weighted by Crippen LogP contribution is -2.20. The topological polar surface area (TPSA) is 95.7 Å². The Balaban J connectivity index is 3.09. The smallest absolute Gasteiger partial charge is 0.374 e. The van der Waals surface area contributed by atoms with Gasteiger partial charge in [0.25, 0.3) is 0 Å². The summed E-state index contributed by atoms with van der Waals surface area (Å²) in [6, 6.07) is 4.41. The first-order valence-corrected chi connectivity index (χ1v) is 6.49. The average molecular weight is 295 g/mol. The number of hydrogen-bond donors (Lipinski definition) is 0. The van der Waals surface area contributed by atoms with Crippen molar-refractivity contribution in [3.8, 4) is 5.75 Å². The Kier molecular flexibility index (Phi) is 5.83.